The van der Waals surface area contributed by atoms with Crippen molar-refractivity contribution in [1.29, 1.82) is 0 Å². The lowest BCUT2D eigenvalue weighted by atomic mass is 10.1. The maximum absolute atomic E-state index is 11.2. The number of anilines is 2. The van der Waals surface area contributed by atoms with Crippen molar-refractivity contribution in [2.24, 2.45) is 0 Å². The fourth-order valence-corrected chi connectivity index (χ4v) is 3.94. The average Bonchev–Trinajstić information content (AvgIpc) is 3.19. The molecule has 0 fully saturated rings. The second kappa shape index (κ2) is 7.72. The number of non-ortho nitro benzene ring substituents is 1. The van der Waals surface area contributed by atoms with Crippen LogP contribution in [0.2, 0.25) is 0 Å². The molecule has 2 aromatic heterocycles. The van der Waals surface area contributed by atoms with Crippen LogP contribution >= 0.6 is 11.3 Å². The number of ether oxygens (including phenoxy) is 2. The Bertz CT molecular complexity index is 1210. The minimum atomic E-state index is -0.405. The Morgan fingerprint density at radius 2 is 1.90 bits per heavy atom. The van der Waals surface area contributed by atoms with E-state index in [1.54, 1.807) is 32.4 Å². The highest BCUT2D eigenvalue weighted by molar-refractivity contribution is 7.17. The number of fused-ring (bicyclic) bond motifs is 1. The Balaban J connectivity index is 1.80. The van der Waals surface area contributed by atoms with E-state index >= 15 is 0 Å². The molecule has 0 aliphatic carbocycles. The summed E-state index contributed by atoms with van der Waals surface area (Å²) in [6.45, 7) is 0. The van der Waals surface area contributed by atoms with Crippen molar-refractivity contribution >= 4 is 38.7 Å². The van der Waals surface area contributed by atoms with Crippen LogP contribution in [0.4, 0.5) is 17.2 Å². The van der Waals surface area contributed by atoms with E-state index in [2.05, 4.69) is 15.3 Å². The lowest BCUT2D eigenvalue weighted by Gasteiger charge is -2.12. The van der Waals surface area contributed by atoms with Gasteiger partial charge in [-0.25, -0.2) is 9.97 Å². The number of thiophene rings is 1. The molecule has 0 spiro atoms. The average molecular weight is 408 g/mol. The second-order valence-electron chi connectivity index (χ2n) is 6.05. The number of rotatable bonds is 6. The molecule has 9 heteroatoms. The van der Waals surface area contributed by atoms with Crippen molar-refractivity contribution in [1.82, 2.24) is 9.97 Å². The highest BCUT2D eigenvalue weighted by Gasteiger charge is 2.16. The molecule has 2 aromatic carbocycles. The lowest BCUT2D eigenvalue weighted by molar-refractivity contribution is -0.384. The molecular weight excluding hydrogens is 392 g/mol. The van der Waals surface area contributed by atoms with E-state index in [0.717, 1.165) is 27.0 Å². The van der Waals surface area contributed by atoms with Crippen molar-refractivity contribution in [3.63, 3.8) is 0 Å². The molecule has 0 aliphatic heterocycles. The molecule has 2 heterocycles. The Kier molecular flexibility index (Phi) is 4.96. The van der Waals surface area contributed by atoms with Crippen molar-refractivity contribution < 1.29 is 14.4 Å². The van der Waals surface area contributed by atoms with Crippen molar-refractivity contribution in [3.05, 3.63) is 64.3 Å². The first-order chi connectivity index (χ1) is 14.1. The second-order valence-corrected chi connectivity index (χ2v) is 6.91. The first-order valence-electron chi connectivity index (χ1n) is 8.57. The van der Waals surface area contributed by atoms with Gasteiger partial charge in [0.1, 0.15) is 17.0 Å². The van der Waals surface area contributed by atoms with E-state index in [9.17, 15) is 10.1 Å². The Morgan fingerprint density at radius 1 is 1.07 bits per heavy atom. The minimum Gasteiger partial charge on any atom is -0.493 e. The van der Waals surface area contributed by atoms with Gasteiger partial charge in [-0.3, -0.25) is 10.1 Å². The number of nitro benzene ring substituents is 1. The Hall–Kier alpha value is -3.72. The van der Waals surface area contributed by atoms with Crippen LogP contribution in [0.1, 0.15) is 0 Å². The molecule has 0 saturated heterocycles. The number of nitro groups is 1. The van der Waals surface area contributed by atoms with Crippen LogP contribution in [0, 0.1) is 10.1 Å². The minimum absolute atomic E-state index is 0.0353. The van der Waals surface area contributed by atoms with Crippen LogP contribution in [-0.4, -0.2) is 29.1 Å². The van der Waals surface area contributed by atoms with E-state index in [-0.39, 0.29) is 5.69 Å². The van der Waals surface area contributed by atoms with E-state index < -0.39 is 4.92 Å². The van der Waals surface area contributed by atoms with E-state index in [4.69, 9.17) is 9.47 Å². The number of hydrogen-bond acceptors (Lipinski definition) is 8. The molecule has 0 amide bonds. The molecule has 0 bridgehead atoms. The molecule has 0 saturated carbocycles. The van der Waals surface area contributed by atoms with Gasteiger partial charge >= 0.3 is 0 Å². The number of hydrogen-bond donors (Lipinski definition) is 1. The first-order valence-corrected chi connectivity index (χ1v) is 9.44. The zero-order chi connectivity index (χ0) is 20.4. The fourth-order valence-electron chi connectivity index (χ4n) is 3.02. The van der Waals surface area contributed by atoms with Gasteiger partial charge in [0.2, 0.25) is 0 Å². The number of nitrogens with one attached hydrogen (secondary N) is 1. The zero-order valence-corrected chi connectivity index (χ0v) is 16.4. The highest BCUT2D eigenvalue weighted by atomic mass is 32.1. The molecular formula is C20H16N4O4S. The van der Waals surface area contributed by atoms with Crippen molar-refractivity contribution in [3.8, 4) is 22.6 Å². The van der Waals surface area contributed by atoms with E-state index in [1.165, 1.54) is 23.7 Å². The number of aromatic nitrogens is 2. The Labute approximate surface area is 169 Å². The summed E-state index contributed by atoms with van der Waals surface area (Å²) < 4.78 is 10.6. The summed E-state index contributed by atoms with van der Waals surface area (Å²) in [7, 11) is 3.15. The predicted molar refractivity (Wildman–Crippen MR) is 112 cm³/mol. The van der Waals surface area contributed by atoms with E-state index in [1.807, 2.05) is 23.6 Å². The summed E-state index contributed by atoms with van der Waals surface area (Å²) in [5.74, 6) is 1.82. The molecule has 8 nitrogen and oxygen atoms in total. The quantitative estimate of drug-likeness (QED) is 0.353. The molecule has 0 aliphatic rings. The van der Waals surface area contributed by atoms with Gasteiger partial charge in [-0.1, -0.05) is 12.1 Å². The fraction of sp³-hybridized carbons (Fsp3) is 0.100. The standard InChI is InChI=1S/C20H16N4O4S/c1-27-16-7-6-13(9-17(16)28-2)23-19-18-15(10-29-20(18)22-11-21-19)12-4-3-5-14(8-12)24(25)26/h3-11H,1-2H3,(H,21,22,23). The van der Waals surface area contributed by atoms with Gasteiger partial charge in [0.25, 0.3) is 5.69 Å². The van der Waals surface area contributed by atoms with Gasteiger partial charge in [0.05, 0.1) is 24.5 Å². The smallest absolute Gasteiger partial charge is 0.270 e. The number of methoxy groups -OCH3 is 2. The van der Waals surface area contributed by atoms with Gasteiger partial charge in [-0.05, 0) is 17.7 Å². The summed E-state index contributed by atoms with van der Waals surface area (Å²) in [5, 5.41) is 17.2. The molecule has 1 N–H and O–H groups in total. The van der Waals surface area contributed by atoms with Crippen LogP contribution in [-0.2, 0) is 0 Å². The van der Waals surface area contributed by atoms with Crippen molar-refractivity contribution in [2.45, 2.75) is 0 Å². The summed E-state index contributed by atoms with van der Waals surface area (Å²) in [6.07, 6.45) is 1.49. The van der Waals surface area contributed by atoms with Crippen LogP contribution in [0.5, 0.6) is 11.5 Å². The third kappa shape index (κ3) is 3.55. The van der Waals surface area contributed by atoms with Gasteiger partial charge in [-0.15, -0.1) is 11.3 Å². The molecule has 0 atom stereocenters. The topological polar surface area (TPSA) is 99.4 Å². The SMILES string of the molecule is COc1ccc(Nc2ncnc3scc(-c4cccc([N+](=O)[O-])c4)c23)cc1OC. The maximum atomic E-state index is 11.2. The van der Waals surface area contributed by atoms with Gasteiger partial charge in [0, 0.05) is 34.8 Å². The molecule has 4 aromatic rings. The summed E-state index contributed by atoms with van der Waals surface area (Å²) >= 11 is 1.46. The molecule has 146 valence electrons. The first kappa shape index (κ1) is 18.6. The molecule has 4 rings (SSSR count). The third-order valence-corrected chi connectivity index (χ3v) is 5.27. The van der Waals surface area contributed by atoms with Crippen LogP contribution in [0.25, 0.3) is 21.3 Å². The maximum Gasteiger partial charge on any atom is 0.270 e. The van der Waals surface area contributed by atoms with E-state index in [0.29, 0.717) is 17.3 Å². The molecule has 29 heavy (non-hydrogen) atoms. The van der Waals surface area contributed by atoms with Crippen LogP contribution in [0.3, 0.4) is 0 Å². The summed E-state index contributed by atoms with van der Waals surface area (Å²) in [4.78, 5) is 20.3. The summed E-state index contributed by atoms with van der Waals surface area (Å²) in [6, 6.07) is 12.0. The van der Waals surface area contributed by atoms with Crippen molar-refractivity contribution in [2.75, 3.05) is 19.5 Å². The highest BCUT2D eigenvalue weighted by Crippen LogP contribution is 2.39. The van der Waals surface area contributed by atoms with Gasteiger partial charge in [0.15, 0.2) is 11.5 Å². The number of benzene rings is 2. The molecule has 0 radical (unpaired) electrons. The number of nitrogens with zero attached hydrogens (tertiary/aromatic N) is 3. The van der Waals surface area contributed by atoms with Crippen LogP contribution < -0.4 is 14.8 Å². The summed E-state index contributed by atoms with van der Waals surface area (Å²) in [5.41, 5.74) is 2.36. The lowest BCUT2D eigenvalue weighted by Crippen LogP contribution is -1.97. The largest absolute Gasteiger partial charge is 0.493 e. The Morgan fingerprint density at radius 3 is 2.66 bits per heavy atom. The normalized spacial score (nSPS) is 10.7. The predicted octanol–water partition coefficient (Wildman–Crippen LogP) is 5.03. The van der Waals surface area contributed by atoms with Gasteiger partial charge in [-0.2, -0.15) is 0 Å². The van der Waals surface area contributed by atoms with Gasteiger partial charge < -0.3 is 14.8 Å². The molecule has 0 unspecified atom stereocenters. The third-order valence-electron chi connectivity index (χ3n) is 4.38. The monoisotopic (exact) mass is 408 g/mol. The van der Waals surface area contributed by atoms with Crippen LogP contribution in [0.15, 0.2) is 54.2 Å². The zero-order valence-electron chi connectivity index (χ0n) is 15.6.